The van der Waals surface area contributed by atoms with Gasteiger partial charge in [0, 0.05) is 69.7 Å². The summed E-state index contributed by atoms with van der Waals surface area (Å²) in [7, 11) is 0. The number of benzene rings is 12. The third-order valence-corrected chi connectivity index (χ3v) is 17.7. The highest BCUT2D eigenvalue weighted by atomic mass is 32.1. The van der Waals surface area contributed by atoms with Crippen LogP contribution in [0.15, 0.2) is 298 Å². The molecule has 0 aliphatic heterocycles. The molecule has 0 bridgehead atoms. The smallest absolute Gasteiger partial charge is 0.0540 e. The van der Waals surface area contributed by atoms with Crippen molar-refractivity contribution in [3.63, 3.8) is 0 Å². The number of hydrogen-bond acceptors (Lipinski definition) is 5. The normalized spacial score (nSPS) is 11.3. The molecule has 0 fully saturated rings. The summed E-state index contributed by atoms with van der Waals surface area (Å²) in [6.07, 6.45) is 3.78. The van der Waals surface area contributed by atoms with Crippen LogP contribution in [0, 0.1) is 0 Å². The maximum absolute atomic E-state index is 4.00. The lowest BCUT2D eigenvalue weighted by molar-refractivity contribution is 1.30. The van der Waals surface area contributed by atoms with Gasteiger partial charge in [0.15, 0.2) is 0 Å². The first kappa shape index (κ1) is 49.3. The zero-order chi connectivity index (χ0) is 54.2. The van der Waals surface area contributed by atoms with Crippen LogP contribution in [-0.2, 0) is 0 Å². The Morgan fingerprint density at radius 2 is 0.605 bits per heavy atom. The second-order valence-corrected chi connectivity index (χ2v) is 22.4. The van der Waals surface area contributed by atoms with Gasteiger partial charge in [-0.05, 0) is 176 Å². The van der Waals surface area contributed by atoms with E-state index < -0.39 is 0 Å². The van der Waals surface area contributed by atoms with Gasteiger partial charge in [-0.15, -0.1) is 22.7 Å². The van der Waals surface area contributed by atoms with Crippen LogP contribution >= 0.6 is 22.7 Å². The van der Waals surface area contributed by atoms with Gasteiger partial charge < -0.3 is 14.7 Å². The molecule has 2 heterocycles. The monoisotopic (exact) mass is 1070 g/mol. The van der Waals surface area contributed by atoms with E-state index in [1.807, 2.05) is 34.8 Å². The van der Waals surface area contributed by atoms with E-state index in [1.165, 1.54) is 73.7 Å². The first-order valence-corrected chi connectivity index (χ1v) is 28.9. The number of rotatable bonds is 14. The van der Waals surface area contributed by atoms with Crippen LogP contribution in [0.1, 0.15) is 11.1 Å². The van der Waals surface area contributed by atoms with E-state index in [4.69, 9.17) is 0 Å². The molecule has 12 aromatic carbocycles. The van der Waals surface area contributed by atoms with Crippen LogP contribution in [0.25, 0.3) is 85.9 Å². The summed E-state index contributed by atoms with van der Waals surface area (Å²) in [5.74, 6) is 0. The number of fused-ring (bicyclic) bond motifs is 4. The Bertz CT molecular complexity index is 4330. The number of hydrogen-bond donors (Lipinski definition) is 0. The molecule has 3 nitrogen and oxygen atoms in total. The molecular weight excluding hydrogens is 1020 g/mol. The van der Waals surface area contributed by atoms with Gasteiger partial charge in [0.05, 0.1) is 11.4 Å². The van der Waals surface area contributed by atoms with Gasteiger partial charge in [-0.2, -0.15) is 0 Å². The maximum Gasteiger partial charge on any atom is 0.0540 e. The van der Waals surface area contributed by atoms with Crippen LogP contribution in [0.5, 0.6) is 0 Å². The standard InChI is InChI=1S/C76H53N3S2/c1-3-52-24-34-63(35-25-52)78(71-22-12-18-56-16-8-10-20-69(56)71)65-40-30-58(31-41-65)75-50-60-48-67(44-46-73(60)80-75)77(62-38-28-55(29-39-62)54-14-6-5-7-15-54)68-45-47-74-61(49-68)51-76(81-74)59-32-42-66(43-33-59)79(64-36-26-53(4-2)27-37-64)72-23-13-19-57-17-9-11-21-70(57)72/h3-51H,1-2H2. The molecule has 81 heavy (non-hydrogen) atoms. The molecule has 0 saturated heterocycles. The third-order valence-electron chi connectivity index (χ3n) is 15.4. The van der Waals surface area contributed by atoms with Crippen molar-refractivity contribution in [1.82, 2.24) is 0 Å². The van der Waals surface area contributed by atoms with Crippen molar-refractivity contribution >= 4 is 128 Å². The molecule has 0 saturated carbocycles. The largest absolute Gasteiger partial charge is 0.310 e. The molecule has 0 N–H and O–H groups in total. The Balaban J connectivity index is 0.799. The summed E-state index contributed by atoms with van der Waals surface area (Å²) >= 11 is 3.67. The zero-order valence-corrected chi connectivity index (χ0v) is 46.0. The molecule has 0 amide bonds. The average molecular weight is 1070 g/mol. The average Bonchev–Trinajstić information content (AvgIpc) is 4.26. The number of thiophene rings is 2. The van der Waals surface area contributed by atoms with Crippen molar-refractivity contribution in [1.29, 1.82) is 0 Å². The minimum Gasteiger partial charge on any atom is -0.310 e. The highest BCUT2D eigenvalue weighted by Crippen LogP contribution is 2.46. The predicted molar refractivity (Wildman–Crippen MR) is 353 cm³/mol. The van der Waals surface area contributed by atoms with Crippen LogP contribution in [-0.4, -0.2) is 0 Å². The number of anilines is 9. The van der Waals surface area contributed by atoms with Crippen molar-refractivity contribution in [2.45, 2.75) is 0 Å². The van der Waals surface area contributed by atoms with Crippen LogP contribution < -0.4 is 14.7 Å². The summed E-state index contributed by atoms with van der Waals surface area (Å²) in [5, 5.41) is 7.23. The molecule has 0 atom stereocenters. The summed E-state index contributed by atoms with van der Waals surface area (Å²) < 4.78 is 2.48. The second kappa shape index (κ2) is 21.3. The molecule has 2 aromatic heterocycles. The van der Waals surface area contributed by atoms with Crippen molar-refractivity contribution in [2.24, 2.45) is 0 Å². The summed E-state index contributed by atoms with van der Waals surface area (Å²) in [4.78, 5) is 9.57. The van der Waals surface area contributed by atoms with E-state index in [0.717, 1.165) is 62.3 Å². The van der Waals surface area contributed by atoms with Gasteiger partial charge in [0.2, 0.25) is 0 Å². The molecule has 14 rings (SSSR count). The zero-order valence-electron chi connectivity index (χ0n) is 44.4. The summed E-state index contributed by atoms with van der Waals surface area (Å²) in [5.41, 5.74) is 16.9. The van der Waals surface area contributed by atoms with E-state index in [1.54, 1.807) is 0 Å². The third kappa shape index (κ3) is 9.55. The minimum atomic E-state index is 1.09. The predicted octanol–water partition coefficient (Wildman–Crippen LogP) is 23.1. The molecule has 0 aliphatic rings. The Hall–Kier alpha value is -10.0. The Morgan fingerprint density at radius 3 is 1.04 bits per heavy atom. The summed E-state index contributed by atoms with van der Waals surface area (Å²) in [6.45, 7) is 8.00. The second-order valence-electron chi connectivity index (χ2n) is 20.3. The lowest BCUT2D eigenvalue weighted by atomic mass is 10.0. The van der Waals surface area contributed by atoms with Gasteiger partial charge in [-0.3, -0.25) is 0 Å². The molecule has 5 heteroatoms. The van der Waals surface area contributed by atoms with Crippen molar-refractivity contribution in [2.75, 3.05) is 14.7 Å². The van der Waals surface area contributed by atoms with Crippen molar-refractivity contribution in [3.05, 3.63) is 309 Å². The van der Waals surface area contributed by atoms with Crippen molar-refractivity contribution in [3.8, 4) is 32.0 Å². The highest BCUT2D eigenvalue weighted by molar-refractivity contribution is 7.22. The highest BCUT2D eigenvalue weighted by Gasteiger charge is 2.20. The minimum absolute atomic E-state index is 1.09. The topological polar surface area (TPSA) is 9.72 Å². The van der Waals surface area contributed by atoms with E-state index in [0.29, 0.717) is 0 Å². The van der Waals surface area contributed by atoms with Crippen LogP contribution in [0.4, 0.5) is 51.2 Å². The van der Waals surface area contributed by atoms with Crippen molar-refractivity contribution < 1.29 is 0 Å². The Labute approximate surface area is 480 Å². The van der Waals surface area contributed by atoms with Gasteiger partial charge in [-0.25, -0.2) is 0 Å². The van der Waals surface area contributed by atoms with Gasteiger partial charge in [-0.1, -0.05) is 189 Å². The molecule has 0 aliphatic carbocycles. The van der Waals surface area contributed by atoms with Crippen LogP contribution in [0.3, 0.4) is 0 Å². The Kier molecular flexibility index (Phi) is 13.0. The van der Waals surface area contributed by atoms with Crippen LogP contribution in [0.2, 0.25) is 0 Å². The van der Waals surface area contributed by atoms with Gasteiger partial charge >= 0.3 is 0 Å². The fraction of sp³-hybridized carbons (Fsp3) is 0. The van der Waals surface area contributed by atoms with E-state index in [2.05, 4.69) is 313 Å². The van der Waals surface area contributed by atoms with E-state index >= 15 is 0 Å². The Morgan fingerprint density at radius 1 is 0.259 bits per heavy atom. The fourth-order valence-electron chi connectivity index (χ4n) is 11.2. The molecule has 14 aromatic rings. The molecule has 0 radical (unpaired) electrons. The van der Waals surface area contributed by atoms with Gasteiger partial charge in [0.1, 0.15) is 0 Å². The first-order chi connectivity index (χ1) is 40.0. The fourth-order valence-corrected chi connectivity index (χ4v) is 13.3. The maximum atomic E-state index is 4.00. The van der Waals surface area contributed by atoms with E-state index in [9.17, 15) is 0 Å². The molecule has 0 spiro atoms. The van der Waals surface area contributed by atoms with E-state index in [-0.39, 0.29) is 0 Å². The lowest BCUT2D eigenvalue weighted by Gasteiger charge is -2.27. The first-order valence-electron chi connectivity index (χ1n) is 27.3. The SMILES string of the molecule is C=Cc1ccc(N(c2ccc(-c3cc4cc(N(c5ccc(-c6ccccc6)cc5)c5ccc6sc(-c7ccc(N(c8ccc(C=C)cc8)c8cccc9ccccc89)cc7)cc6c5)ccc4s3)cc2)c2cccc3ccccc23)cc1. The molecule has 384 valence electrons. The molecule has 0 unspecified atom stereocenters. The lowest BCUT2D eigenvalue weighted by Crippen LogP contribution is -2.10. The van der Waals surface area contributed by atoms with Gasteiger partial charge in [0.25, 0.3) is 0 Å². The summed E-state index contributed by atoms with van der Waals surface area (Å²) in [6, 6.07) is 104. The quantitative estimate of drug-likeness (QED) is 0.107. The number of nitrogens with zero attached hydrogens (tertiary/aromatic N) is 3. The molecular formula is C76H53N3S2.